The average molecular weight is 1180 g/mol. The maximum atomic E-state index is 14.5. The summed E-state index contributed by atoms with van der Waals surface area (Å²) in [5, 5.41) is 68.7. The van der Waals surface area contributed by atoms with E-state index in [1.807, 2.05) is 6.07 Å². The SMILES string of the molecule is C=C1N=C(NC(=O)[C@@H]2CCCN2C(=O)[C@@H](C)NC(=O)[C@H](CO)CC(=O)CCC(=O)OC)C=CN1C1OC(CO)C(O)C1(F)F.O=C(NCC(=O)N1CCCC1C(=O)Nc1ccn([C@@H]2O[C@H](CO)C(O)[C@@H]2O)c(=O)n1)c1ccnc2ccccc12. The molecule has 7 heterocycles. The highest BCUT2D eigenvalue weighted by Crippen LogP contribution is 2.40. The Labute approximate surface area is 476 Å². The number of aliphatic hydroxyl groups excluding tert-OH is 6. The van der Waals surface area contributed by atoms with E-state index in [1.54, 1.807) is 24.3 Å². The van der Waals surface area contributed by atoms with Crippen molar-refractivity contribution >= 4 is 69.8 Å². The van der Waals surface area contributed by atoms with E-state index in [4.69, 9.17) is 9.47 Å². The first kappa shape index (κ1) is 63.5. The quantitative estimate of drug-likeness (QED) is 0.0546. The number of ether oxygens (including phenoxy) is 3. The molecule has 0 spiro atoms. The van der Waals surface area contributed by atoms with E-state index < -0.39 is 146 Å². The number of methoxy groups -OCH3 is 1. The molecule has 31 heteroatoms. The minimum Gasteiger partial charge on any atom is -0.469 e. The van der Waals surface area contributed by atoms with Gasteiger partial charge in [0.15, 0.2) is 12.3 Å². The number of rotatable bonds is 19. The van der Waals surface area contributed by atoms with Crippen LogP contribution in [0.3, 0.4) is 0 Å². The minimum atomic E-state index is -3.76. The second kappa shape index (κ2) is 28.0. The van der Waals surface area contributed by atoms with Crippen molar-refractivity contribution in [1.82, 2.24) is 45.2 Å². The second-order valence-corrected chi connectivity index (χ2v) is 20.1. The molecular weight excluding hydrogens is 1120 g/mol. The number of aliphatic imine (C=N–C) groups is 1. The van der Waals surface area contributed by atoms with Crippen molar-refractivity contribution in [2.75, 3.05) is 51.9 Å². The van der Waals surface area contributed by atoms with Gasteiger partial charge in [-0.2, -0.15) is 13.8 Å². The lowest BCUT2D eigenvalue weighted by atomic mass is 9.99. The molecule has 6 amide bonds. The number of hydrogen-bond donors (Lipinski definition) is 10. The van der Waals surface area contributed by atoms with Crippen LogP contribution >= 0.6 is 0 Å². The smallest absolute Gasteiger partial charge is 0.351 e. The number of aliphatic hydroxyl groups is 6. The molecule has 5 aliphatic heterocycles. The zero-order chi connectivity index (χ0) is 61.2. The highest BCUT2D eigenvalue weighted by Gasteiger charge is 2.60. The van der Waals surface area contributed by atoms with E-state index in [-0.39, 0.29) is 49.8 Å². The molecule has 3 aromatic rings. The number of alkyl halides is 2. The van der Waals surface area contributed by atoms with Crippen LogP contribution in [0.15, 0.2) is 83.3 Å². The van der Waals surface area contributed by atoms with Gasteiger partial charge in [0.05, 0.1) is 56.9 Å². The number of amides is 6. The fourth-order valence-electron chi connectivity index (χ4n) is 9.97. The molecule has 10 N–H and O–H groups in total. The number of amidine groups is 1. The predicted molar refractivity (Wildman–Crippen MR) is 285 cm³/mol. The number of anilines is 1. The number of Topliss-reactive ketones (excluding diaryl/α,β-unsaturated/α-hetero) is 1. The number of nitrogens with one attached hydrogen (secondary N) is 4. The third kappa shape index (κ3) is 14.5. The number of nitrogens with zero attached hydrogens (tertiary/aromatic N) is 7. The van der Waals surface area contributed by atoms with Crippen LogP contribution < -0.4 is 27.0 Å². The van der Waals surface area contributed by atoms with E-state index >= 15 is 0 Å². The highest BCUT2D eigenvalue weighted by atomic mass is 19.3. The predicted octanol–water partition coefficient (Wildman–Crippen LogP) is -2.71. The van der Waals surface area contributed by atoms with Crippen LogP contribution in [0.25, 0.3) is 10.9 Å². The number of pyridine rings is 1. The normalized spacial score (nSPS) is 25.0. The number of fused-ring (bicyclic) bond motifs is 1. The molecule has 4 saturated heterocycles. The Hall–Kier alpha value is -8.04. The molecule has 29 nitrogen and oxygen atoms in total. The van der Waals surface area contributed by atoms with Gasteiger partial charge in [-0.25, -0.2) is 9.79 Å². The molecule has 5 aliphatic rings. The lowest BCUT2D eigenvalue weighted by Gasteiger charge is -2.32. The summed E-state index contributed by atoms with van der Waals surface area (Å²) in [5.74, 6) is -9.69. The molecule has 1 aromatic carbocycles. The summed E-state index contributed by atoms with van der Waals surface area (Å²) in [6, 6.07) is 7.16. The highest BCUT2D eigenvalue weighted by molar-refractivity contribution is 6.08. The summed E-state index contributed by atoms with van der Waals surface area (Å²) in [4.78, 5) is 129. The topological polar surface area (TPSA) is 404 Å². The molecule has 0 aliphatic carbocycles. The number of halogens is 2. The van der Waals surface area contributed by atoms with E-state index in [1.165, 1.54) is 48.4 Å². The molecule has 0 radical (unpaired) electrons. The van der Waals surface area contributed by atoms with Gasteiger partial charge < -0.3 is 80.8 Å². The molecule has 84 heavy (non-hydrogen) atoms. The Balaban J connectivity index is 0.000000242. The summed E-state index contributed by atoms with van der Waals surface area (Å²) in [6.07, 6.45) is -4.82. The summed E-state index contributed by atoms with van der Waals surface area (Å²) < 4.78 is 44.9. The maximum Gasteiger partial charge on any atom is 0.351 e. The Kier molecular flexibility index (Phi) is 21.2. The van der Waals surface area contributed by atoms with Crippen molar-refractivity contribution in [3.8, 4) is 0 Å². The largest absolute Gasteiger partial charge is 0.469 e. The van der Waals surface area contributed by atoms with Gasteiger partial charge in [0, 0.05) is 49.9 Å². The number of carbonyl (C=O) groups excluding carboxylic acids is 8. The Morgan fingerprint density at radius 1 is 0.881 bits per heavy atom. The van der Waals surface area contributed by atoms with Gasteiger partial charge in [-0.3, -0.25) is 47.9 Å². The first-order valence-electron chi connectivity index (χ1n) is 26.6. The van der Waals surface area contributed by atoms with Gasteiger partial charge >= 0.3 is 17.6 Å². The number of aromatic nitrogens is 3. The first-order chi connectivity index (χ1) is 40.0. The molecule has 0 bridgehead atoms. The zero-order valence-electron chi connectivity index (χ0n) is 45.5. The Morgan fingerprint density at radius 3 is 2.20 bits per heavy atom. The van der Waals surface area contributed by atoms with Crippen molar-refractivity contribution < 1.29 is 92.0 Å². The van der Waals surface area contributed by atoms with Crippen LogP contribution in [0.1, 0.15) is 68.5 Å². The Bertz CT molecular complexity index is 3110. The molecule has 4 fully saturated rings. The monoisotopic (exact) mass is 1180 g/mol. The molecule has 8 rings (SSSR count). The molecular formula is C53H65F2N11O18. The number of esters is 1. The second-order valence-electron chi connectivity index (χ2n) is 20.1. The number of likely N-dealkylation sites (tertiary alicyclic amines) is 2. The summed E-state index contributed by atoms with van der Waals surface area (Å²) in [5.41, 5.74) is 0.170. The first-order valence-corrected chi connectivity index (χ1v) is 26.6. The number of benzene rings is 1. The number of para-hydroxylation sites is 1. The van der Waals surface area contributed by atoms with Crippen LogP contribution in [0.2, 0.25) is 0 Å². The van der Waals surface area contributed by atoms with E-state index in [0.717, 1.165) is 15.7 Å². The van der Waals surface area contributed by atoms with Crippen molar-refractivity contribution in [2.24, 2.45) is 10.9 Å². The number of ketones is 1. The van der Waals surface area contributed by atoms with Gasteiger partial charge in [0.2, 0.25) is 35.8 Å². The fourth-order valence-corrected chi connectivity index (χ4v) is 9.97. The number of hydrogen-bond acceptors (Lipinski definition) is 22. The van der Waals surface area contributed by atoms with E-state index in [2.05, 4.69) is 47.5 Å². The summed E-state index contributed by atoms with van der Waals surface area (Å²) in [6.45, 7) is 3.17. The van der Waals surface area contributed by atoms with Crippen LogP contribution in [0.5, 0.6) is 0 Å². The van der Waals surface area contributed by atoms with Crippen molar-refractivity contribution in [2.45, 2.75) is 119 Å². The van der Waals surface area contributed by atoms with Crippen molar-refractivity contribution in [1.29, 1.82) is 0 Å². The zero-order valence-corrected chi connectivity index (χ0v) is 45.5. The van der Waals surface area contributed by atoms with Gasteiger partial charge in [-0.05, 0) is 56.9 Å². The molecule has 2 aromatic heterocycles. The lowest BCUT2D eigenvalue weighted by molar-refractivity contribution is -0.148. The van der Waals surface area contributed by atoms with Crippen molar-refractivity contribution in [3.63, 3.8) is 0 Å². The van der Waals surface area contributed by atoms with Gasteiger partial charge in [-0.15, -0.1) is 0 Å². The molecule has 11 atom stereocenters. The average Bonchev–Trinajstić information content (AvgIpc) is 2.72. The third-order valence-corrected chi connectivity index (χ3v) is 14.5. The van der Waals surface area contributed by atoms with E-state index in [9.17, 15) is 82.6 Å². The van der Waals surface area contributed by atoms with Crippen molar-refractivity contribution in [3.05, 3.63) is 89.5 Å². The molecule has 5 unspecified atom stereocenters. The molecule has 0 saturated carbocycles. The summed E-state index contributed by atoms with van der Waals surface area (Å²) >= 11 is 0. The molecule has 454 valence electrons. The van der Waals surface area contributed by atoms with Gasteiger partial charge in [0.1, 0.15) is 65.8 Å². The number of carbonyl (C=O) groups is 8. The Morgan fingerprint density at radius 2 is 1.56 bits per heavy atom. The standard InChI is InChI=1S/C27H37F2N5O10.C26H28N6O8/c1-14(30-23(40)16(12-35)11-17(37)6-7-21(38)43-3)25(42)34-9-4-5-18(34)24(41)32-20-8-10-33(15(2)31-20)26-27(28,29)22(39)19(13-36)44-26;33-13-18-21(35)22(36)25(40-18)32-11-8-19(30-26(32)39)29-24(38)17-6-3-10-31(17)20(34)12-28-23(37)15-7-9-27-16-5-2-1-4-14(15)16/h8,10,14,16,18-19,22,26,35-36,39H,2,4-7,9,11-13H2,1,3H3,(H,30,40)(H,31,32,41);1-2,4-5,7-9,11,17-18,21-22,25,33,35-36H,3,6,10,12-13H2,(H,28,37)(H,29,30,38,39)/t14-,16+,18+,19?,22?,26?;17?,18-,21?,22+,25-/m11/s1. The van der Waals surface area contributed by atoms with E-state index in [0.29, 0.717) is 48.7 Å². The third-order valence-electron chi connectivity index (χ3n) is 14.5. The lowest BCUT2D eigenvalue weighted by Crippen LogP contribution is -2.54. The van der Waals surface area contributed by atoms with Crippen LogP contribution in [0, 0.1) is 5.92 Å². The maximum absolute atomic E-state index is 14.5. The van der Waals surface area contributed by atoms with Gasteiger partial charge in [0.25, 0.3) is 5.91 Å². The summed E-state index contributed by atoms with van der Waals surface area (Å²) in [7, 11) is 1.18. The van der Waals surface area contributed by atoms with Gasteiger partial charge in [-0.1, -0.05) is 24.8 Å². The minimum absolute atomic E-state index is 0.0554. The van der Waals surface area contributed by atoms with Crippen LogP contribution in [-0.2, 0) is 47.8 Å². The fraction of sp³-hybridized carbons (Fsp3) is 0.509. The van der Waals surface area contributed by atoms with Crippen LogP contribution in [-0.4, -0.2) is 220 Å². The van der Waals surface area contributed by atoms with Crippen LogP contribution in [0.4, 0.5) is 14.6 Å².